The predicted octanol–water partition coefficient (Wildman–Crippen LogP) is 8.81. The number of hydrogen-bond acceptors (Lipinski definition) is 8. The third-order valence-corrected chi connectivity index (χ3v) is 9.42. The van der Waals surface area contributed by atoms with Gasteiger partial charge in [-0.25, -0.2) is 4.98 Å². The highest BCUT2D eigenvalue weighted by atomic mass is 32.2. The molecule has 1 amide bonds. The average Bonchev–Trinajstić information content (AvgIpc) is 3.59. The zero-order chi connectivity index (χ0) is 34.7. The Hall–Kier alpha value is -4.74. The number of aliphatic hydroxyl groups is 1. The normalized spacial score (nSPS) is 17.3. The van der Waals surface area contributed by atoms with E-state index in [1.807, 2.05) is 109 Å². The van der Waals surface area contributed by atoms with Crippen LogP contribution in [0, 0.1) is 0 Å². The van der Waals surface area contributed by atoms with E-state index in [9.17, 15) is 14.7 Å². The third-order valence-electron chi connectivity index (χ3n) is 8.46. The molecule has 2 heterocycles. The summed E-state index contributed by atoms with van der Waals surface area (Å²) in [6.07, 6.45) is 1.84. The highest BCUT2D eigenvalue weighted by Gasteiger charge is 2.33. The van der Waals surface area contributed by atoms with Crippen molar-refractivity contribution in [2.45, 2.75) is 68.9 Å². The molecule has 50 heavy (non-hydrogen) atoms. The number of hydrogen-bond donors (Lipinski definition) is 3. The number of aliphatic hydroxyl groups excluding tert-OH is 1. The summed E-state index contributed by atoms with van der Waals surface area (Å²) in [5, 5.41) is 21.8. The summed E-state index contributed by atoms with van der Waals surface area (Å²) < 4.78 is 19.4. The summed E-state index contributed by atoms with van der Waals surface area (Å²) in [6.45, 7) is -0.0312. The molecule has 0 bridgehead atoms. The van der Waals surface area contributed by atoms with Crippen LogP contribution in [0.5, 0.6) is 0 Å². The Morgan fingerprint density at radius 3 is 2.12 bits per heavy atom. The number of nitrogens with one attached hydrogen (secondary N) is 1. The number of benzene rings is 4. The molecule has 1 fully saturated rings. The molecule has 6 rings (SSSR count). The molecule has 258 valence electrons. The molecular formula is C40H40N2O7S. The number of unbranched alkanes of at least 4 members (excludes halogenated alkanes) is 2. The summed E-state index contributed by atoms with van der Waals surface area (Å²) in [5.74, 6) is 0.367. The van der Waals surface area contributed by atoms with Crippen LogP contribution in [-0.2, 0) is 25.7 Å². The van der Waals surface area contributed by atoms with Crippen molar-refractivity contribution in [3.63, 3.8) is 0 Å². The maximum absolute atomic E-state index is 12.4. The fraction of sp³-hybridized carbons (Fsp3) is 0.275. The van der Waals surface area contributed by atoms with Gasteiger partial charge in [-0.2, -0.15) is 0 Å². The van der Waals surface area contributed by atoms with Crippen molar-refractivity contribution >= 4 is 29.3 Å². The van der Waals surface area contributed by atoms with Gasteiger partial charge in [-0.05, 0) is 36.1 Å². The van der Waals surface area contributed by atoms with Crippen molar-refractivity contribution in [2.24, 2.45) is 0 Å². The summed E-state index contributed by atoms with van der Waals surface area (Å²) in [4.78, 5) is 28.1. The van der Waals surface area contributed by atoms with E-state index in [1.165, 1.54) is 11.8 Å². The van der Waals surface area contributed by atoms with Crippen molar-refractivity contribution in [3.05, 3.63) is 126 Å². The quantitative estimate of drug-likeness (QED) is 0.0728. The maximum Gasteiger partial charge on any atom is 0.303 e. The minimum atomic E-state index is -0.819. The first-order chi connectivity index (χ1) is 24.4. The fourth-order valence-electron chi connectivity index (χ4n) is 5.81. The molecule has 1 saturated heterocycles. The second-order valence-corrected chi connectivity index (χ2v) is 13.1. The number of nitrogens with zero attached hydrogens (tertiary/aromatic N) is 1. The lowest BCUT2D eigenvalue weighted by molar-refractivity contribution is -0.245. The number of aromatic nitrogens is 1. The fourth-order valence-corrected chi connectivity index (χ4v) is 6.65. The Labute approximate surface area is 295 Å². The van der Waals surface area contributed by atoms with E-state index in [4.69, 9.17) is 24.0 Å². The third kappa shape index (κ3) is 9.48. The van der Waals surface area contributed by atoms with Crippen molar-refractivity contribution < 1.29 is 33.7 Å². The number of anilines is 1. The number of rotatable bonds is 15. The van der Waals surface area contributed by atoms with Gasteiger partial charge < -0.3 is 29.4 Å². The number of thioether (sulfide) groups is 1. The molecule has 1 aliphatic heterocycles. The van der Waals surface area contributed by atoms with E-state index in [-0.39, 0.29) is 31.1 Å². The van der Waals surface area contributed by atoms with E-state index in [0.29, 0.717) is 48.8 Å². The van der Waals surface area contributed by atoms with Crippen LogP contribution < -0.4 is 5.32 Å². The first kappa shape index (κ1) is 35.1. The zero-order valence-electron chi connectivity index (χ0n) is 27.6. The Bertz CT molecular complexity index is 1770. The average molecular weight is 693 g/mol. The van der Waals surface area contributed by atoms with E-state index in [1.54, 1.807) is 0 Å². The van der Waals surface area contributed by atoms with E-state index in [2.05, 4.69) is 5.32 Å². The second-order valence-electron chi connectivity index (χ2n) is 12.2. The van der Waals surface area contributed by atoms with Gasteiger partial charge in [0, 0.05) is 47.4 Å². The Morgan fingerprint density at radius 2 is 1.44 bits per heavy atom. The smallest absolute Gasteiger partial charge is 0.303 e. The number of carboxylic acids is 1. The number of oxazole rings is 1. The molecule has 4 aromatic carbocycles. The molecule has 9 nitrogen and oxygen atoms in total. The molecule has 1 aromatic heterocycles. The van der Waals surface area contributed by atoms with Crippen LogP contribution in [0.4, 0.5) is 5.69 Å². The van der Waals surface area contributed by atoms with Gasteiger partial charge in [-0.3, -0.25) is 9.59 Å². The number of aliphatic carboxylic acids is 1. The molecule has 0 radical (unpaired) electrons. The molecule has 0 spiro atoms. The molecule has 10 heteroatoms. The summed E-state index contributed by atoms with van der Waals surface area (Å²) in [5.41, 5.74) is 6.02. The van der Waals surface area contributed by atoms with Crippen molar-refractivity contribution in [2.75, 3.05) is 11.1 Å². The maximum atomic E-state index is 12.4. The van der Waals surface area contributed by atoms with Gasteiger partial charge in [-0.15, -0.1) is 0 Å². The predicted molar refractivity (Wildman–Crippen MR) is 192 cm³/mol. The topological polar surface area (TPSA) is 131 Å². The monoisotopic (exact) mass is 692 g/mol. The van der Waals surface area contributed by atoms with Gasteiger partial charge >= 0.3 is 5.97 Å². The van der Waals surface area contributed by atoms with Crippen LogP contribution >= 0.6 is 11.8 Å². The lowest BCUT2D eigenvalue weighted by Gasteiger charge is -2.36. The molecule has 0 saturated carbocycles. The van der Waals surface area contributed by atoms with Crippen LogP contribution in [0.25, 0.3) is 22.6 Å². The van der Waals surface area contributed by atoms with Crippen LogP contribution in [0.15, 0.2) is 119 Å². The Kier molecular flexibility index (Phi) is 12.1. The molecule has 3 N–H and O–H groups in total. The van der Waals surface area contributed by atoms with Gasteiger partial charge in [0.15, 0.2) is 12.1 Å². The number of carbonyl (C=O) groups is 2. The van der Waals surface area contributed by atoms with E-state index < -0.39 is 12.3 Å². The lowest BCUT2D eigenvalue weighted by Crippen LogP contribution is -2.31. The van der Waals surface area contributed by atoms with Gasteiger partial charge in [0.1, 0.15) is 5.69 Å². The number of amides is 1. The van der Waals surface area contributed by atoms with E-state index in [0.717, 1.165) is 39.3 Å². The van der Waals surface area contributed by atoms with Crippen molar-refractivity contribution in [1.82, 2.24) is 4.98 Å². The molecule has 1 aliphatic rings. The zero-order valence-corrected chi connectivity index (χ0v) is 28.4. The van der Waals surface area contributed by atoms with Crippen LogP contribution in [-0.4, -0.2) is 38.9 Å². The Balaban J connectivity index is 1.15. The first-order valence-corrected chi connectivity index (χ1v) is 17.8. The standard InChI is InChI=1S/C40H40N2O7S/c43-25-27-16-18-28(19-17-27)34-24-33(26-50-40-42-37(29-10-4-1-5-11-29)38(49-40)30-12-6-2-7-13-30)47-39(48-34)31-20-22-32(23-21-31)41-35(44)14-8-3-9-15-36(45)46/h1-2,4-7,10-13,16-23,33-34,39,43H,3,8-9,14-15,24-26H2,(H,41,44)(H,45,46). The van der Waals surface area contributed by atoms with Gasteiger partial charge in [0.2, 0.25) is 5.91 Å². The number of carbonyl (C=O) groups excluding carboxylic acids is 1. The molecule has 5 aromatic rings. The van der Waals surface area contributed by atoms with Gasteiger partial charge in [0.05, 0.1) is 18.8 Å². The largest absolute Gasteiger partial charge is 0.481 e. The summed E-state index contributed by atoms with van der Waals surface area (Å²) >= 11 is 1.50. The molecule has 3 unspecified atom stereocenters. The summed E-state index contributed by atoms with van der Waals surface area (Å²) in [7, 11) is 0. The Morgan fingerprint density at radius 1 is 0.780 bits per heavy atom. The molecule has 3 atom stereocenters. The van der Waals surface area contributed by atoms with Crippen LogP contribution in [0.2, 0.25) is 0 Å². The van der Waals surface area contributed by atoms with Gasteiger partial charge in [-0.1, -0.05) is 115 Å². The summed E-state index contributed by atoms with van der Waals surface area (Å²) in [6, 6.07) is 35.2. The molecular weight excluding hydrogens is 653 g/mol. The second kappa shape index (κ2) is 17.3. The van der Waals surface area contributed by atoms with Crippen LogP contribution in [0.3, 0.4) is 0 Å². The highest BCUT2D eigenvalue weighted by molar-refractivity contribution is 7.99. The first-order valence-electron chi connectivity index (χ1n) is 16.8. The minimum Gasteiger partial charge on any atom is -0.481 e. The number of ether oxygens (including phenoxy) is 2. The lowest BCUT2D eigenvalue weighted by atomic mass is 10.0. The highest BCUT2D eigenvalue weighted by Crippen LogP contribution is 2.41. The SMILES string of the molecule is O=C(O)CCCCCC(=O)Nc1ccc(C2OC(CSc3nc(-c4ccccc4)c(-c4ccccc4)o3)CC(c3ccc(CO)cc3)O2)cc1. The number of carboxylic acid groups (broad SMARTS) is 1. The molecule has 0 aliphatic carbocycles. The van der Waals surface area contributed by atoms with Crippen molar-refractivity contribution in [3.8, 4) is 22.6 Å². The van der Waals surface area contributed by atoms with E-state index >= 15 is 0 Å². The van der Waals surface area contributed by atoms with Crippen molar-refractivity contribution in [1.29, 1.82) is 0 Å². The van der Waals surface area contributed by atoms with Crippen LogP contribution in [0.1, 0.15) is 67.6 Å². The van der Waals surface area contributed by atoms with Gasteiger partial charge in [0.25, 0.3) is 5.22 Å². The minimum absolute atomic E-state index is 0.0312.